The number of anilines is 1. The molecule has 0 radical (unpaired) electrons. The summed E-state index contributed by atoms with van der Waals surface area (Å²) in [5.74, 6) is -1.58. The standard InChI is InChI=1S/C8H8Cl2N4O3/c9-2-1-3(15)6(16)4(10)5(2)13-8(17)14-7(11)12/h1,15-16H,(H5,11,12,13,14,17). The number of nitrogens with two attached hydrogens (primary N) is 2. The average molecular weight is 279 g/mol. The smallest absolute Gasteiger partial charge is 0.348 e. The van der Waals surface area contributed by atoms with Gasteiger partial charge in [0.25, 0.3) is 0 Å². The van der Waals surface area contributed by atoms with E-state index in [9.17, 15) is 15.0 Å². The fourth-order valence-corrected chi connectivity index (χ4v) is 1.50. The highest BCUT2D eigenvalue weighted by molar-refractivity contribution is 6.41. The molecule has 7 nitrogen and oxygen atoms in total. The van der Waals surface area contributed by atoms with E-state index in [-0.39, 0.29) is 15.7 Å². The van der Waals surface area contributed by atoms with Crippen molar-refractivity contribution in [1.82, 2.24) is 0 Å². The second-order valence-electron chi connectivity index (χ2n) is 2.88. The van der Waals surface area contributed by atoms with Crippen LogP contribution < -0.4 is 16.8 Å². The highest BCUT2D eigenvalue weighted by Crippen LogP contribution is 2.43. The SMILES string of the molecule is NC(N)=NC(=O)Nc1c(Cl)cc(O)c(O)c1Cl. The molecule has 0 aliphatic heterocycles. The van der Waals surface area contributed by atoms with Gasteiger partial charge in [0.05, 0.1) is 10.7 Å². The van der Waals surface area contributed by atoms with Crippen LogP contribution >= 0.6 is 23.2 Å². The first kappa shape index (κ1) is 13.2. The van der Waals surface area contributed by atoms with Gasteiger partial charge in [-0.2, -0.15) is 4.99 Å². The van der Waals surface area contributed by atoms with Gasteiger partial charge in [-0.15, -0.1) is 0 Å². The summed E-state index contributed by atoms with van der Waals surface area (Å²) in [7, 11) is 0. The summed E-state index contributed by atoms with van der Waals surface area (Å²) in [6.07, 6.45) is 0. The van der Waals surface area contributed by atoms with Crippen LogP contribution in [0.4, 0.5) is 10.5 Å². The van der Waals surface area contributed by atoms with Crippen molar-refractivity contribution >= 4 is 40.9 Å². The monoisotopic (exact) mass is 278 g/mol. The Morgan fingerprint density at radius 1 is 1.35 bits per heavy atom. The number of nitrogens with zero attached hydrogens (tertiary/aromatic N) is 1. The number of halogens is 2. The number of phenolic OH excluding ortho intramolecular Hbond substituents is 2. The number of carbonyl (C=O) groups excluding carboxylic acids is 1. The number of carbonyl (C=O) groups is 1. The number of aromatic hydroxyl groups is 2. The van der Waals surface area contributed by atoms with Crippen molar-refractivity contribution in [1.29, 1.82) is 0 Å². The van der Waals surface area contributed by atoms with Gasteiger partial charge in [0, 0.05) is 6.07 Å². The molecule has 0 bridgehead atoms. The fourth-order valence-electron chi connectivity index (χ4n) is 0.963. The van der Waals surface area contributed by atoms with Crippen LogP contribution in [0, 0.1) is 0 Å². The lowest BCUT2D eigenvalue weighted by Crippen LogP contribution is -2.25. The Morgan fingerprint density at radius 3 is 2.47 bits per heavy atom. The van der Waals surface area contributed by atoms with Gasteiger partial charge < -0.3 is 27.0 Å². The first-order chi connectivity index (χ1) is 7.82. The minimum Gasteiger partial charge on any atom is -0.504 e. The van der Waals surface area contributed by atoms with Crippen molar-refractivity contribution in [3.8, 4) is 11.5 Å². The summed E-state index contributed by atoms with van der Waals surface area (Å²) in [5, 5.41) is 20.3. The summed E-state index contributed by atoms with van der Waals surface area (Å²) in [6.45, 7) is 0. The first-order valence-electron chi connectivity index (χ1n) is 4.13. The fraction of sp³-hybridized carbons (Fsp3) is 0. The quantitative estimate of drug-likeness (QED) is 0.228. The lowest BCUT2D eigenvalue weighted by atomic mass is 10.2. The van der Waals surface area contributed by atoms with Crippen LogP contribution in [0.5, 0.6) is 11.5 Å². The molecule has 17 heavy (non-hydrogen) atoms. The molecule has 7 N–H and O–H groups in total. The molecule has 0 unspecified atom stereocenters. The number of phenols is 2. The molecule has 9 heteroatoms. The van der Waals surface area contributed by atoms with Gasteiger partial charge in [-0.1, -0.05) is 23.2 Å². The van der Waals surface area contributed by atoms with E-state index in [4.69, 9.17) is 34.7 Å². The minimum absolute atomic E-state index is 0.0792. The Hall–Kier alpha value is -1.86. The number of aliphatic imine (C=N–C) groups is 1. The van der Waals surface area contributed by atoms with Crippen molar-refractivity contribution in [2.45, 2.75) is 0 Å². The van der Waals surface area contributed by atoms with Crippen LogP contribution in [0.2, 0.25) is 10.0 Å². The molecule has 0 aliphatic carbocycles. The van der Waals surface area contributed by atoms with E-state index in [0.29, 0.717) is 0 Å². The molecule has 0 heterocycles. The summed E-state index contributed by atoms with van der Waals surface area (Å²) in [5.41, 5.74) is 9.86. The summed E-state index contributed by atoms with van der Waals surface area (Å²) >= 11 is 11.4. The zero-order chi connectivity index (χ0) is 13.2. The van der Waals surface area contributed by atoms with Gasteiger partial charge in [0.2, 0.25) is 0 Å². The van der Waals surface area contributed by atoms with Crippen LogP contribution in [0.25, 0.3) is 0 Å². The minimum atomic E-state index is -0.918. The lowest BCUT2D eigenvalue weighted by Gasteiger charge is -2.09. The molecule has 1 aromatic carbocycles. The maximum absolute atomic E-state index is 11.2. The molecule has 2 amide bonds. The van der Waals surface area contributed by atoms with Crippen molar-refractivity contribution in [3.05, 3.63) is 16.1 Å². The predicted molar refractivity (Wildman–Crippen MR) is 64.6 cm³/mol. The molecule has 1 rings (SSSR count). The summed E-state index contributed by atoms with van der Waals surface area (Å²) in [6, 6.07) is 0.0901. The average Bonchev–Trinajstić information content (AvgIpc) is 2.20. The molecule has 0 atom stereocenters. The van der Waals surface area contributed by atoms with Crippen molar-refractivity contribution < 1.29 is 15.0 Å². The third-order valence-electron chi connectivity index (χ3n) is 1.63. The molecule has 0 saturated heterocycles. The van der Waals surface area contributed by atoms with E-state index in [1.165, 1.54) is 0 Å². The Balaban J connectivity index is 3.12. The van der Waals surface area contributed by atoms with Crippen LogP contribution in [-0.2, 0) is 0 Å². The molecule has 0 aromatic heterocycles. The van der Waals surface area contributed by atoms with Gasteiger partial charge in [0.15, 0.2) is 17.5 Å². The van der Waals surface area contributed by atoms with Gasteiger partial charge in [-0.05, 0) is 0 Å². The maximum atomic E-state index is 11.2. The number of guanidine groups is 1. The topological polar surface area (TPSA) is 134 Å². The largest absolute Gasteiger partial charge is 0.504 e. The number of amides is 2. The highest BCUT2D eigenvalue weighted by atomic mass is 35.5. The molecule has 0 spiro atoms. The Bertz CT molecular complexity index is 500. The second kappa shape index (κ2) is 4.98. The number of benzene rings is 1. The Labute approximate surface area is 106 Å². The lowest BCUT2D eigenvalue weighted by molar-refractivity contribution is 0.259. The summed E-state index contributed by atoms with van der Waals surface area (Å²) < 4.78 is 0. The van der Waals surface area contributed by atoms with Gasteiger partial charge in [-0.25, -0.2) is 4.79 Å². The van der Waals surface area contributed by atoms with Crippen LogP contribution in [0.1, 0.15) is 0 Å². The zero-order valence-electron chi connectivity index (χ0n) is 8.24. The molecule has 0 fully saturated rings. The zero-order valence-corrected chi connectivity index (χ0v) is 9.75. The van der Waals surface area contributed by atoms with Crippen LogP contribution in [0.3, 0.4) is 0 Å². The Kier molecular flexibility index (Phi) is 3.87. The van der Waals surface area contributed by atoms with Gasteiger partial charge >= 0.3 is 6.03 Å². The van der Waals surface area contributed by atoms with E-state index in [0.717, 1.165) is 6.07 Å². The number of urea groups is 1. The molecule has 0 aliphatic rings. The third-order valence-corrected chi connectivity index (χ3v) is 2.30. The molecule has 92 valence electrons. The first-order valence-corrected chi connectivity index (χ1v) is 4.89. The number of nitrogens with one attached hydrogen (secondary N) is 1. The molecular formula is C8H8Cl2N4O3. The highest BCUT2D eigenvalue weighted by Gasteiger charge is 2.16. The number of hydrogen-bond donors (Lipinski definition) is 5. The van der Waals surface area contributed by atoms with E-state index in [2.05, 4.69) is 10.3 Å². The van der Waals surface area contributed by atoms with E-state index in [1.807, 2.05) is 0 Å². The van der Waals surface area contributed by atoms with Crippen molar-refractivity contribution in [3.63, 3.8) is 0 Å². The van der Waals surface area contributed by atoms with Crippen molar-refractivity contribution in [2.24, 2.45) is 16.5 Å². The number of rotatable bonds is 1. The predicted octanol–water partition coefficient (Wildman–Crippen LogP) is 1.21. The molecule has 1 aromatic rings. The van der Waals surface area contributed by atoms with Gasteiger partial charge in [0.1, 0.15) is 5.02 Å². The van der Waals surface area contributed by atoms with Gasteiger partial charge in [-0.3, -0.25) is 0 Å². The van der Waals surface area contributed by atoms with E-state index < -0.39 is 23.5 Å². The second-order valence-corrected chi connectivity index (χ2v) is 3.67. The van der Waals surface area contributed by atoms with E-state index in [1.54, 1.807) is 0 Å². The van der Waals surface area contributed by atoms with Crippen molar-refractivity contribution in [2.75, 3.05) is 5.32 Å². The normalized spacial score (nSPS) is 9.76. The third kappa shape index (κ3) is 3.05. The maximum Gasteiger partial charge on any atom is 0.348 e. The number of hydrogen-bond acceptors (Lipinski definition) is 3. The van der Waals surface area contributed by atoms with Crippen LogP contribution in [0.15, 0.2) is 11.1 Å². The summed E-state index contributed by atoms with van der Waals surface area (Å²) in [4.78, 5) is 14.4. The molecule has 0 saturated carbocycles. The van der Waals surface area contributed by atoms with Crippen LogP contribution in [-0.4, -0.2) is 22.2 Å². The molecular weight excluding hydrogens is 271 g/mol. The van der Waals surface area contributed by atoms with E-state index >= 15 is 0 Å². The Morgan fingerprint density at radius 2 is 1.94 bits per heavy atom.